The Balaban J connectivity index is 1.35. The molecule has 1 N–H and O–H groups in total. The number of piperidine rings is 1. The number of hydrogen-bond acceptors (Lipinski definition) is 6. The molecule has 1 spiro atoms. The first-order valence-corrected chi connectivity index (χ1v) is 10.4. The number of nitrogens with zero attached hydrogens (tertiary/aromatic N) is 5. The Morgan fingerprint density at radius 3 is 2.96 bits per heavy atom. The summed E-state index contributed by atoms with van der Waals surface area (Å²) in [5, 5.41) is 11.9. The van der Waals surface area contributed by atoms with Crippen molar-refractivity contribution >= 4 is 5.91 Å². The zero-order chi connectivity index (χ0) is 18.7. The number of likely N-dealkylation sites (N-methyl/N-ethyl adjacent to an activating group) is 1. The van der Waals surface area contributed by atoms with Gasteiger partial charge in [0.1, 0.15) is 0 Å². The molecule has 0 radical (unpaired) electrons. The van der Waals surface area contributed by atoms with E-state index < -0.39 is 0 Å². The maximum Gasteiger partial charge on any atom is 0.276 e. The molecule has 0 saturated carbocycles. The highest BCUT2D eigenvalue weighted by atomic mass is 16.5. The molecule has 150 valence electrons. The van der Waals surface area contributed by atoms with Gasteiger partial charge in [-0.1, -0.05) is 11.6 Å². The molecule has 1 unspecified atom stereocenters. The summed E-state index contributed by atoms with van der Waals surface area (Å²) in [6.45, 7) is 5.87. The zero-order valence-electron chi connectivity index (χ0n) is 16.4. The monoisotopic (exact) mass is 376 g/mol. The summed E-state index contributed by atoms with van der Waals surface area (Å²) in [6.07, 6.45) is 8.62. The number of aryl methyl sites for hydroxylation is 1. The summed E-state index contributed by atoms with van der Waals surface area (Å²) in [5.41, 5.74) is 0.521. The molecule has 3 saturated heterocycles. The Hall–Kier alpha value is -1.51. The molecule has 3 aliphatic rings. The van der Waals surface area contributed by atoms with Crippen LogP contribution in [0.15, 0.2) is 6.20 Å². The van der Waals surface area contributed by atoms with Gasteiger partial charge in [-0.15, -0.1) is 5.10 Å². The first-order chi connectivity index (χ1) is 13.2. The second-order valence-corrected chi connectivity index (χ2v) is 8.29. The highest BCUT2D eigenvalue weighted by molar-refractivity contribution is 5.92. The number of rotatable bonds is 4. The van der Waals surface area contributed by atoms with Crippen LogP contribution in [0.2, 0.25) is 0 Å². The van der Waals surface area contributed by atoms with Crippen molar-refractivity contribution in [2.75, 3.05) is 46.4 Å². The van der Waals surface area contributed by atoms with Crippen molar-refractivity contribution in [1.82, 2.24) is 30.1 Å². The summed E-state index contributed by atoms with van der Waals surface area (Å²) in [4.78, 5) is 17.4. The number of piperazine rings is 1. The lowest BCUT2D eigenvalue weighted by Crippen LogP contribution is -2.63. The average Bonchev–Trinajstić information content (AvgIpc) is 3.19. The molecule has 8 nitrogen and oxygen atoms in total. The Morgan fingerprint density at radius 1 is 1.33 bits per heavy atom. The molecule has 27 heavy (non-hydrogen) atoms. The van der Waals surface area contributed by atoms with Gasteiger partial charge in [-0.25, -0.2) is 0 Å². The first kappa shape index (κ1) is 18.8. The van der Waals surface area contributed by atoms with E-state index in [4.69, 9.17) is 4.74 Å². The molecule has 4 heterocycles. The van der Waals surface area contributed by atoms with Crippen LogP contribution >= 0.6 is 0 Å². The predicted molar refractivity (Wildman–Crippen MR) is 102 cm³/mol. The van der Waals surface area contributed by atoms with Crippen molar-refractivity contribution in [2.45, 2.75) is 56.7 Å². The SMILES string of the molecule is CN1CCN(C(=O)c2cn(CCC3CCCCN3)nn2)CC12CCOCC2. The topological polar surface area (TPSA) is 75.5 Å². The number of ether oxygens (including phenoxy) is 1. The van der Waals surface area contributed by atoms with Gasteiger partial charge >= 0.3 is 0 Å². The van der Waals surface area contributed by atoms with Crippen molar-refractivity contribution in [1.29, 1.82) is 0 Å². The average molecular weight is 377 g/mol. The van der Waals surface area contributed by atoms with Gasteiger partial charge in [0.05, 0.1) is 6.20 Å². The van der Waals surface area contributed by atoms with E-state index in [0.29, 0.717) is 11.7 Å². The fraction of sp³-hybridized carbons (Fsp3) is 0.842. The lowest BCUT2D eigenvalue weighted by Gasteiger charge is -2.51. The molecular formula is C19H32N6O2. The highest BCUT2D eigenvalue weighted by Gasteiger charge is 2.42. The summed E-state index contributed by atoms with van der Waals surface area (Å²) in [5.74, 6) is 0.0102. The van der Waals surface area contributed by atoms with E-state index in [1.165, 1.54) is 19.3 Å². The van der Waals surface area contributed by atoms with Gasteiger partial charge in [0.15, 0.2) is 5.69 Å². The normalized spacial score (nSPS) is 26.4. The van der Waals surface area contributed by atoms with Crippen molar-refractivity contribution in [3.8, 4) is 0 Å². The van der Waals surface area contributed by atoms with E-state index in [-0.39, 0.29) is 11.4 Å². The molecule has 0 aliphatic carbocycles. The van der Waals surface area contributed by atoms with E-state index in [9.17, 15) is 4.79 Å². The molecule has 8 heteroatoms. The van der Waals surface area contributed by atoms with Gasteiger partial charge < -0.3 is 15.0 Å². The minimum Gasteiger partial charge on any atom is -0.381 e. The smallest absolute Gasteiger partial charge is 0.276 e. The van der Waals surface area contributed by atoms with Gasteiger partial charge in [-0.05, 0) is 45.7 Å². The van der Waals surface area contributed by atoms with Crippen LogP contribution in [0.5, 0.6) is 0 Å². The van der Waals surface area contributed by atoms with Crippen LogP contribution in [-0.2, 0) is 11.3 Å². The molecule has 1 atom stereocenters. The van der Waals surface area contributed by atoms with Crippen molar-refractivity contribution in [3.63, 3.8) is 0 Å². The van der Waals surface area contributed by atoms with Crippen LogP contribution in [0.4, 0.5) is 0 Å². The molecule has 3 aliphatic heterocycles. The second kappa shape index (κ2) is 8.24. The van der Waals surface area contributed by atoms with Gasteiger partial charge in [-0.3, -0.25) is 14.4 Å². The number of hydrogen-bond donors (Lipinski definition) is 1. The second-order valence-electron chi connectivity index (χ2n) is 8.29. The largest absolute Gasteiger partial charge is 0.381 e. The van der Waals surface area contributed by atoms with E-state index >= 15 is 0 Å². The van der Waals surface area contributed by atoms with E-state index in [0.717, 1.165) is 65.2 Å². The molecule has 1 aromatic heterocycles. The molecular weight excluding hydrogens is 344 g/mol. The van der Waals surface area contributed by atoms with E-state index in [1.54, 1.807) is 0 Å². The summed E-state index contributed by atoms with van der Waals surface area (Å²) in [6, 6.07) is 0.563. The number of carbonyl (C=O) groups excluding carboxylic acids is 1. The summed E-state index contributed by atoms with van der Waals surface area (Å²) < 4.78 is 7.37. The van der Waals surface area contributed by atoms with Crippen LogP contribution in [-0.4, -0.2) is 88.7 Å². The van der Waals surface area contributed by atoms with E-state index in [1.807, 2.05) is 15.8 Å². The molecule has 0 aromatic carbocycles. The van der Waals surface area contributed by atoms with Crippen LogP contribution < -0.4 is 5.32 Å². The third kappa shape index (κ3) is 4.17. The molecule has 0 bridgehead atoms. The molecule has 1 amide bonds. The third-order valence-electron chi connectivity index (χ3n) is 6.59. The Kier molecular flexibility index (Phi) is 5.75. The number of amides is 1. The zero-order valence-corrected chi connectivity index (χ0v) is 16.4. The van der Waals surface area contributed by atoms with Crippen LogP contribution in [0.1, 0.15) is 49.0 Å². The molecule has 3 fully saturated rings. The summed E-state index contributed by atoms with van der Waals surface area (Å²) in [7, 11) is 2.17. The molecule has 1 aromatic rings. The van der Waals surface area contributed by atoms with Crippen molar-refractivity contribution in [3.05, 3.63) is 11.9 Å². The van der Waals surface area contributed by atoms with Crippen LogP contribution in [0.3, 0.4) is 0 Å². The Morgan fingerprint density at radius 2 is 2.19 bits per heavy atom. The fourth-order valence-electron chi connectivity index (χ4n) is 4.65. The predicted octanol–water partition coefficient (Wildman–Crippen LogP) is 0.747. The van der Waals surface area contributed by atoms with Crippen LogP contribution in [0, 0.1) is 0 Å². The lowest BCUT2D eigenvalue weighted by atomic mass is 9.86. The highest BCUT2D eigenvalue weighted by Crippen LogP contribution is 2.31. The van der Waals surface area contributed by atoms with Gasteiger partial charge in [0.25, 0.3) is 5.91 Å². The number of carbonyl (C=O) groups is 1. The third-order valence-corrected chi connectivity index (χ3v) is 6.59. The van der Waals surface area contributed by atoms with Crippen molar-refractivity contribution in [2.24, 2.45) is 0 Å². The number of aromatic nitrogens is 3. The standard InChI is InChI=1S/C19H32N6O2/c1-23-10-11-24(15-19(23)6-12-27-13-7-19)18(26)17-14-25(22-21-17)9-5-16-4-2-3-8-20-16/h14,16,20H,2-13,15H2,1H3. The van der Waals surface area contributed by atoms with Gasteiger partial charge in [-0.2, -0.15) is 0 Å². The van der Waals surface area contributed by atoms with Crippen molar-refractivity contribution < 1.29 is 9.53 Å². The maximum atomic E-state index is 13.0. The Bertz CT molecular complexity index is 636. The van der Waals surface area contributed by atoms with E-state index in [2.05, 4.69) is 27.6 Å². The fourth-order valence-corrected chi connectivity index (χ4v) is 4.65. The maximum absolute atomic E-state index is 13.0. The van der Waals surface area contributed by atoms with Gasteiger partial charge in [0, 0.05) is 51.0 Å². The minimum absolute atomic E-state index is 0.0102. The Labute approximate surface area is 161 Å². The van der Waals surface area contributed by atoms with Gasteiger partial charge in [0.2, 0.25) is 0 Å². The quantitative estimate of drug-likeness (QED) is 0.836. The number of nitrogens with one attached hydrogen (secondary N) is 1. The van der Waals surface area contributed by atoms with Crippen LogP contribution in [0.25, 0.3) is 0 Å². The minimum atomic E-state index is 0.0102. The first-order valence-electron chi connectivity index (χ1n) is 10.4. The summed E-state index contributed by atoms with van der Waals surface area (Å²) >= 11 is 0. The lowest BCUT2D eigenvalue weighted by molar-refractivity contribution is -0.0544. The molecule has 4 rings (SSSR count).